The van der Waals surface area contributed by atoms with Crippen molar-refractivity contribution in [3.05, 3.63) is 46.6 Å². The van der Waals surface area contributed by atoms with E-state index in [0.29, 0.717) is 18.1 Å². The van der Waals surface area contributed by atoms with Gasteiger partial charge in [0.05, 0.1) is 17.2 Å². The molecule has 0 amide bonds. The Hall–Kier alpha value is -1.60. The molecule has 1 aromatic heterocycles. The van der Waals surface area contributed by atoms with Gasteiger partial charge in [-0.2, -0.15) is 0 Å². The smallest absolute Gasteiger partial charge is 0.263 e. The number of anilines is 1. The summed E-state index contributed by atoms with van der Waals surface area (Å²) in [5, 5.41) is 0. The molecule has 1 heterocycles. The first-order chi connectivity index (χ1) is 10.9. The van der Waals surface area contributed by atoms with Crippen molar-refractivity contribution >= 4 is 31.8 Å². The number of pyridine rings is 1. The highest BCUT2D eigenvalue weighted by atomic mass is 79.9. The van der Waals surface area contributed by atoms with Crippen molar-refractivity contribution < 1.29 is 13.2 Å². The Kier molecular flexibility index (Phi) is 6.01. The van der Waals surface area contributed by atoms with Crippen molar-refractivity contribution in [3.8, 4) is 5.75 Å². The normalized spacial score (nSPS) is 11.3. The second kappa shape index (κ2) is 7.79. The molecule has 0 saturated carbocycles. The first-order valence-electron chi connectivity index (χ1n) is 7.31. The summed E-state index contributed by atoms with van der Waals surface area (Å²) in [7, 11) is -3.67. The Morgan fingerprint density at radius 3 is 2.48 bits per heavy atom. The number of aromatic nitrogens is 1. The van der Waals surface area contributed by atoms with Crippen LogP contribution in [0.3, 0.4) is 0 Å². The number of hydrogen-bond donors (Lipinski definition) is 1. The van der Waals surface area contributed by atoms with Crippen LogP contribution in [0.4, 0.5) is 5.82 Å². The number of rotatable bonds is 7. The zero-order valence-corrected chi connectivity index (χ0v) is 15.4. The minimum atomic E-state index is -3.67. The lowest BCUT2D eigenvalue weighted by atomic mass is 10.3. The Morgan fingerprint density at radius 2 is 1.87 bits per heavy atom. The fourth-order valence-corrected chi connectivity index (χ4v) is 3.07. The topological polar surface area (TPSA) is 68.3 Å². The van der Waals surface area contributed by atoms with Gasteiger partial charge >= 0.3 is 0 Å². The summed E-state index contributed by atoms with van der Waals surface area (Å²) in [5.41, 5.74) is 0.713. The van der Waals surface area contributed by atoms with E-state index in [1.807, 2.05) is 0 Å². The maximum absolute atomic E-state index is 12.4. The molecule has 0 saturated heterocycles. The lowest BCUT2D eigenvalue weighted by Crippen LogP contribution is -2.14. The number of ether oxygens (including phenoxy) is 1. The molecule has 23 heavy (non-hydrogen) atoms. The number of nitrogens with one attached hydrogen (secondary N) is 1. The number of unbranched alkanes of at least 4 members (excludes halogenated alkanes) is 1. The number of hydrogen-bond acceptors (Lipinski definition) is 4. The molecule has 124 valence electrons. The average Bonchev–Trinajstić information content (AvgIpc) is 2.51. The SMILES string of the molecule is CCCCOc1ccc(S(=O)(=O)Nc2ccc(Br)c(C)n2)cc1. The van der Waals surface area contributed by atoms with Crippen LogP contribution in [0.15, 0.2) is 45.8 Å². The number of aryl methyl sites for hydroxylation is 1. The third-order valence-electron chi connectivity index (χ3n) is 3.16. The van der Waals surface area contributed by atoms with Gasteiger partial charge in [-0.25, -0.2) is 13.4 Å². The predicted molar refractivity (Wildman–Crippen MR) is 94.3 cm³/mol. The molecule has 2 rings (SSSR count). The van der Waals surface area contributed by atoms with Crippen molar-refractivity contribution in [1.29, 1.82) is 0 Å². The molecule has 7 heteroatoms. The highest BCUT2D eigenvalue weighted by molar-refractivity contribution is 9.10. The lowest BCUT2D eigenvalue weighted by Gasteiger charge is -2.10. The summed E-state index contributed by atoms with van der Waals surface area (Å²) in [6.45, 7) is 4.51. The summed E-state index contributed by atoms with van der Waals surface area (Å²) in [6.07, 6.45) is 2.02. The van der Waals surface area contributed by atoms with Crippen molar-refractivity contribution in [2.24, 2.45) is 0 Å². The Bertz CT molecular complexity index is 761. The Morgan fingerprint density at radius 1 is 1.17 bits per heavy atom. The lowest BCUT2D eigenvalue weighted by molar-refractivity contribution is 0.309. The molecule has 0 aliphatic carbocycles. The van der Waals surface area contributed by atoms with Crippen molar-refractivity contribution in [2.75, 3.05) is 11.3 Å². The average molecular weight is 399 g/mol. The zero-order valence-electron chi connectivity index (χ0n) is 13.0. The highest BCUT2D eigenvalue weighted by Crippen LogP contribution is 2.21. The highest BCUT2D eigenvalue weighted by Gasteiger charge is 2.15. The van der Waals surface area contributed by atoms with E-state index < -0.39 is 10.0 Å². The van der Waals surface area contributed by atoms with Crippen LogP contribution in [0.2, 0.25) is 0 Å². The summed E-state index contributed by atoms with van der Waals surface area (Å²) < 4.78 is 33.6. The molecule has 0 unspecified atom stereocenters. The molecule has 1 aromatic carbocycles. The zero-order chi connectivity index (χ0) is 16.9. The predicted octanol–water partition coefficient (Wildman–Crippen LogP) is 4.13. The van der Waals surface area contributed by atoms with Crippen molar-refractivity contribution in [1.82, 2.24) is 4.98 Å². The van der Waals surface area contributed by atoms with E-state index in [1.165, 1.54) is 12.1 Å². The largest absolute Gasteiger partial charge is 0.494 e. The molecule has 0 bridgehead atoms. The fraction of sp³-hybridized carbons (Fsp3) is 0.312. The molecule has 0 aliphatic heterocycles. The second-order valence-corrected chi connectivity index (χ2v) is 7.58. The third kappa shape index (κ3) is 4.94. The first kappa shape index (κ1) is 17.7. The molecule has 0 aliphatic rings. The molecule has 0 fully saturated rings. The molecule has 0 radical (unpaired) electrons. The summed E-state index contributed by atoms with van der Waals surface area (Å²) in [5.74, 6) is 0.948. The molecular formula is C16H19BrN2O3S. The standard InChI is InChI=1S/C16H19BrN2O3S/c1-3-4-11-22-13-5-7-14(8-6-13)23(20,21)19-16-10-9-15(17)12(2)18-16/h5-10H,3-4,11H2,1-2H3,(H,18,19). The van der Waals surface area contributed by atoms with Gasteiger partial charge in [-0.1, -0.05) is 13.3 Å². The van der Waals surface area contributed by atoms with Gasteiger partial charge in [0.15, 0.2) is 0 Å². The minimum absolute atomic E-state index is 0.169. The molecule has 5 nitrogen and oxygen atoms in total. The van der Waals surface area contributed by atoms with Gasteiger partial charge < -0.3 is 4.74 Å². The van der Waals surface area contributed by atoms with Crippen LogP contribution in [0.25, 0.3) is 0 Å². The van der Waals surface area contributed by atoms with Crippen LogP contribution in [-0.2, 0) is 10.0 Å². The number of sulfonamides is 1. The maximum Gasteiger partial charge on any atom is 0.263 e. The van der Waals surface area contributed by atoms with Gasteiger partial charge in [-0.3, -0.25) is 4.72 Å². The van der Waals surface area contributed by atoms with Crippen LogP contribution in [-0.4, -0.2) is 20.0 Å². The maximum atomic E-state index is 12.4. The quantitative estimate of drug-likeness (QED) is 0.711. The van der Waals surface area contributed by atoms with E-state index >= 15 is 0 Å². The summed E-state index contributed by atoms with van der Waals surface area (Å²) >= 11 is 3.33. The fourth-order valence-electron chi connectivity index (χ4n) is 1.85. The van der Waals surface area contributed by atoms with Gasteiger partial charge in [0, 0.05) is 4.47 Å². The van der Waals surface area contributed by atoms with Crippen LogP contribution >= 0.6 is 15.9 Å². The summed E-state index contributed by atoms with van der Waals surface area (Å²) in [4.78, 5) is 4.36. The first-order valence-corrected chi connectivity index (χ1v) is 9.59. The van der Waals surface area contributed by atoms with Crippen molar-refractivity contribution in [3.63, 3.8) is 0 Å². The van der Waals surface area contributed by atoms with E-state index in [0.717, 1.165) is 17.3 Å². The molecule has 0 spiro atoms. The molecular weight excluding hydrogens is 380 g/mol. The second-order valence-electron chi connectivity index (χ2n) is 5.04. The van der Waals surface area contributed by atoms with Gasteiger partial charge in [0.1, 0.15) is 11.6 Å². The Balaban J connectivity index is 2.11. The van der Waals surface area contributed by atoms with Gasteiger partial charge in [0.2, 0.25) is 0 Å². The number of benzene rings is 1. The monoisotopic (exact) mass is 398 g/mol. The molecule has 1 N–H and O–H groups in total. The summed E-state index contributed by atoms with van der Waals surface area (Å²) in [6, 6.07) is 9.72. The molecule has 0 atom stereocenters. The van der Waals surface area contributed by atoms with Gasteiger partial charge in [-0.05, 0) is 65.7 Å². The van der Waals surface area contributed by atoms with Gasteiger partial charge in [0.25, 0.3) is 10.0 Å². The van der Waals surface area contributed by atoms with E-state index in [4.69, 9.17) is 4.74 Å². The minimum Gasteiger partial charge on any atom is -0.494 e. The number of nitrogens with zero attached hydrogens (tertiary/aromatic N) is 1. The van der Waals surface area contributed by atoms with Crippen LogP contribution in [0.1, 0.15) is 25.5 Å². The third-order valence-corrected chi connectivity index (χ3v) is 5.37. The van der Waals surface area contributed by atoms with Gasteiger partial charge in [-0.15, -0.1) is 0 Å². The molecule has 2 aromatic rings. The van der Waals surface area contributed by atoms with Crippen molar-refractivity contribution in [2.45, 2.75) is 31.6 Å². The van der Waals surface area contributed by atoms with Crippen LogP contribution < -0.4 is 9.46 Å². The van der Waals surface area contributed by atoms with Crippen LogP contribution in [0, 0.1) is 6.92 Å². The Labute approximate surface area is 145 Å². The van der Waals surface area contributed by atoms with Crippen LogP contribution in [0.5, 0.6) is 5.75 Å². The van der Waals surface area contributed by atoms with E-state index in [9.17, 15) is 8.42 Å². The number of halogens is 1. The van der Waals surface area contributed by atoms with E-state index in [-0.39, 0.29) is 10.7 Å². The van der Waals surface area contributed by atoms with E-state index in [2.05, 4.69) is 32.6 Å². The van der Waals surface area contributed by atoms with E-state index in [1.54, 1.807) is 31.2 Å².